The van der Waals surface area contributed by atoms with Gasteiger partial charge >= 0.3 is 6.03 Å². The van der Waals surface area contributed by atoms with Crippen LogP contribution in [0, 0.1) is 5.82 Å². The van der Waals surface area contributed by atoms with Crippen LogP contribution in [-0.2, 0) is 11.2 Å². The van der Waals surface area contributed by atoms with E-state index in [4.69, 9.17) is 0 Å². The molecule has 0 unspecified atom stereocenters. The Morgan fingerprint density at radius 3 is 2.52 bits per heavy atom. The monoisotopic (exact) mass is 445 g/mol. The topological polar surface area (TPSA) is 72.9 Å². The van der Waals surface area contributed by atoms with Crippen molar-refractivity contribution in [2.75, 3.05) is 23.4 Å². The zero-order valence-corrected chi connectivity index (χ0v) is 17.9. The summed E-state index contributed by atoms with van der Waals surface area (Å²) >= 11 is 0. The molecule has 1 fully saturated rings. The van der Waals surface area contributed by atoms with Gasteiger partial charge < -0.3 is 15.3 Å². The first-order valence-electron chi connectivity index (χ1n) is 11.0. The normalized spacial score (nSPS) is 21.0. The third kappa shape index (κ3) is 3.85. The smallest absolute Gasteiger partial charge is 0.326 e. The molecule has 2 heterocycles. The van der Waals surface area contributed by atoms with Crippen LogP contribution in [0.25, 0.3) is 0 Å². The number of carbonyl (C=O) groups is 2. The van der Waals surface area contributed by atoms with Gasteiger partial charge in [-0.15, -0.1) is 0 Å². The van der Waals surface area contributed by atoms with Crippen LogP contribution < -0.4 is 10.2 Å². The van der Waals surface area contributed by atoms with Gasteiger partial charge in [-0.25, -0.2) is 9.18 Å². The molecule has 2 aliphatic rings. The Morgan fingerprint density at radius 2 is 1.76 bits per heavy atom. The largest absolute Gasteiger partial charge is 0.394 e. The molecule has 3 aromatic rings. The summed E-state index contributed by atoms with van der Waals surface area (Å²) in [5.41, 5.74) is 2.92. The summed E-state index contributed by atoms with van der Waals surface area (Å²) in [6, 6.07) is 21.8. The predicted octanol–water partition coefficient (Wildman–Crippen LogP) is 3.78. The zero-order valence-electron chi connectivity index (χ0n) is 17.9. The Hall–Kier alpha value is -3.71. The third-order valence-electron chi connectivity index (χ3n) is 6.49. The maximum Gasteiger partial charge on any atom is 0.326 e. The highest BCUT2D eigenvalue weighted by atomic mass is 19.1. The number of carbonyl (C=O) groups excluding carboxylic acids is 2. The van der Waals surface area contributed by atoms with Crippen LogP contribution in [0.15, 0.2) is 78.9 Å². The van der Waals surface area contributed by atoms with Crippen molar-refractivity contribution in [3.63, 3.8) is 0 Å². The molecule has 7 heteroatoms. The lowest BCUT2D eigenvalue weighted by Gasteiger charge is -2.58. The van der Waals surface area contributed by atoms with E-state index in [0.717, 1.165) is 16.8 Å². The Morgan fingerprint density at radius 1 is 1.00 bits per heavy atom. The molecule has 0 bridgehead atoms. The number of anilines is 2. The van der Waals surface area contributed by atoms with Crippen LogP contribution in [0.5, 0.6) is 0 Å². The van der Waals surface area contributed by atoms with Gasteiger partial charge in [0, 0.05) is 23.8 Å². The fraction of sp³-hybridized carbons (Fsp3) is 0.231. The highest BCUT2D eigenvalue weighted by Gasteiger charge is 2.55. The van der Waals surface area contributed by atoms with Crippen LogP contribution in [0.3, 0.4) is 0 Å². The number of nitrogens with one attached hydrogen (secondary N) is 1. The average molecular weight is 445 g/mol. The van der Waals surface area contributed by atoms with Gasteiger partial charge in [-0.05, 0) is 35.4 Å². The van der Waals surface area contributed by atoms with Crippen molar-refractivity contribution < 1.29 is 19.1 Å². The van der Waals surface area contributed by atoms with Crippen molar-refractivity contribution >= 4 is 23.3 Å². The lowest BCUT2D eigenvalue weighted by atomic mass is 9.71. The van der Waals surface area contributed by atoms with Crippen LogP contribution in [0.2, 0.25) is 0 Å². The minimum Gasteiger partial charge on any atom is -0.394 e. The van der Waals surface area contributed by atoms with E-state index in [-0.39, 0.29) is 36.9 Å². The molecule has 0 aliphatic carbocycles. The lowest BCUT2D eigenvalue weighted by molar-refractivity contribution is -0.149. The number of nitrogens with zero attached hydrogens (tertiary/aromatic N) is 2. The molecule has 3 aromatic carbocycles. The predicted molar refractivity (Wildman–Crippen MR) is 124 cm³/mol. The van der Waals surface area contributed by atoms with Crippen molar-refractivity contribution in [3.05, 3.63) is 95.8 Å². The minimum atomic E-state index is -0.436. The number of halogens is 1. The number of aliphatic hydroxyl groups excluding tert-OH is 1. The van der Waals surface area contributed by atoms with Gasteiger partial charge in [-0.2, -0.15) is 0 Å². The summed E-state index contributed by atoms with van der Waals surface area (Å²) in [6.45, 7) is 0.144. The van der Waals surface area contributed by atoms with Gasteiger partial charge in [-0.1, -0.05) is 54.6 Å². The molecule has 2 N–H and O–H groups in total. The molecule has 3 amide bonds. The maximum atomic E-state index is 13.6. The van der Waals surface area contributed by atoms with E-state index in [0.29, 0.717) is 12.2 Å². The van der Waals surface area contributed by atoms with Gasteiger partial charge in [0.15, 0.2) is 0 Å². The second kappa shape index (κ2) is 8.67. The number of amides is 3. The molecule has 5 rings (SSSR count). The number of hydrogen-bond acceptors (Lipinski definition) is 3. The van der Waals surface area contributed by atoms with E-state index < -0.39 is 11.8 Å². The molecule has 33 heavy (non-hydrogen) atoms. The summed E-state index contributed by atoms with van der Waals surface area (Å²) in [5.74, 6) is -0.565. The Kier molecular flexibility index (Phi) is 5.56. The van der Waals surface area contributed by atoms with E-state index >= 15 is 0 Å². The van der Waals surface area contributed by atoms with E-state index in [1.165, 1.54) is 18.2 Å². The van der Waals surface area contributed by atoms with E-state index in [2.05, 4.69) is 5.32 Å². The number of aliphatic hydroxyl groups is 1. The van der Waals surface area contributed by atoms with Crippen LogP contribution >= 0.6 is 0 Å². The van der Waals surface area contributed by atoms with E-state index in [1.807, 2.05) is 54.6 Å². The number of likely N-dealkylation sites (tertiary alicyclic amines) is 1. The highest BCUT2D eigenvalue weighted by Crippen LogP contribution is 2.48. The van der Waals surface area contributed by atoms with E-state index in [1.54, 1.807) is 15.9 Å². The second-order valence-corrected chi connectivity index (χ2v) is 8.42. The van der Waals surface area contributed by atoms with Gasteiger partial charge in [0.05, 0.1) is 25.1 Å². The first kappa shape index (κ1) is 21.2. The van der Waals surface area contributed by atoms with Crippen molar-refractivity contribution in [3.8, 4) is 0 Å². The molecule has 1 saturated heterocycles. The Balaban J connectivity index is 1.42. The van der Waals surface area contributed by atoms with Crippen molar-refractivity contribution in [1.29, 1.82) is 0 Å². The van der Waals surface area contributed by atoms with Crippen molar-refractivity contribution in [2.24, 2.45) is 0 Å². The number of urea groups is 1. The molecule has 168 valence electrons. The molecule has 0 saturated carbocycles. The Bertz CT molecular complexity index is 1190. The van der Waals surface area contributed by atoms with Gasteiger partial charge in [-0.3, -0.25) is 9.69 Å². The van der Waals surface area contributed by atoms with Gasteiger partial charge in [0.1, 0.15) is 5.82 Å². The molecule has 0 spiro atoms. The fourth-order valence-electron chi connectivity index (χ4n) is 5.05. The maximum absolute atomic E-state index is 13.6. The Labute approximate surface area is 191 Å². The average Bonchev–Trinajstić information content (AvgIpc) is 2.80. The third-order valence-corrected chi connectivity index (χ3v) is 6.49. The quantitative estimate of drug-likeness (QED) is 0.642. The lowest BCUT2D eigenvalue weighted by Crippen LogP contribution is -2.71. The van der Waals surface area contributed by atoms with Crippen LogP contribution in [-0.4, -0.2) is 47.2 Å². The summed E-state index contributed by atoms with van der Waals surface area (Å²) in [7, 11) is 0. The van der Waals surface area contributed by atoms with Crippen LogP contribution in [0.1, 0.15) is 17.0 Å². The molecule has 6 nitrogen and oxygen atoms in total. The van der Waals surface area contributed by atoms with Crippen LogP contribution in [0.4, 0.5) is 20.6 Å². The standard InChI is InChI=1S/C26H24FN3O3/c27-18-9-6-10-19(14-18)28-26(33)29-15-22-25(20-11-4-5-12-21(20)29)23(16-31)30(22)24(32)13-17-7-2-1-3-8-17/h1-12,14,22-23,25,31H,13,15-16H2,(H,28,33)/t22-,23-,25+/m1/s1. The first-order valence-corrected chi connectivity index (χ1v) is 11.0. The highest BCUT2D eigenvalue weighted by molar-refractivity contribution is 6.03. The molecular formula is C26H24FN3O3. The number of para-hydroxylation sites is 1. The van der Waals surface area contributed by atoms with Gasteiger partial charge in [0.25, 0.3) is 0 Å². The minimum absolute atomic E-state index is 0.0517. The molecular weight excluding hydrogens is 421 g/mol. The van der Waals surface area contributed by atoms with Crippen molar-refractivity contribution in [1.82, 2.24) is 4.90 Å². The number of benzene rings is 3. The SMILES string of the molecule is O=C(Nc1cccc(F)c1)N1C[C@@H]2[C@H](c3ccccc31)[C@@H](CO)N2C(=O)Cc1ccccc1. The number of rotatable bonds is 4. The molecule has 2 aliphatic heterocycles. The summed E-state index contributed by atoms with van der Waals surface area (Å²) in [4.78, 5) is 29.7. The van der Waals surface area contributed by atoms with E-state index in [9.17, 15) is 19.1 Å². The first-order chi connectivity index (χ1) is 16.1. The summed E-state index contributed by atoms with van der Waals surface area (Å²) in [5, 5.41) is 12.9. The molecule has 3 atom stereocenters. The second-order valence-electron chi connectivity index (χ2n) is 8.42. The molecule has 0 aromatic heterocycles. The fourth-order valence-corrected chi connectivity index (χ4v) is 5.05. The van der Waals surface area contributed by atoms with Crippen molar-refractivity contribution in [2.45, 2.75) is 24.4 Å². The zero-order chi connectivity index (χ0) is 22.9. The number of hydrogen-bond donors (Lipinski definition) is 2. The summed E-state index contributed by atoms with van der Waals surface area (Å²) < 4.78 is 13.6. The summed E-state index contributed by atoms with van der Waals surface area (Å²) in [6.07, 6.45) is 0.234. The molecule has 0 radical (unpaired) electrons. The van der Waals surface area contributed by atoms with Gasteiger partial charge in [0.2, 0.25) is 5.91 Å². The number of fused-ring (bicyclic) bond motifs is 3.